The molecule has 1 rings (SSSR count). The third kappa shape index (κ3) is 3.12. The second-order valence-electron chi connectivity index (χ2n) is 3.58. The fraction of sp³-hybridized carbons (Fsp3) is 0.455. The van der Waals surface area contributed by atoms with E-state index in [2.05, 4.69) is 41.1 Å². The van der Waals surface area contributed by atoms with Crippen molar-refractivity contribution in [1.82, 2.24) is 0 Å². The molecule has 0 spiro atoms. The van der Waals surface area contributed by atoms with Gasteiger partial charge < -0.3 is 5.11 Å². The molecule has 0 fully saturated rings. The molecule has 72 valence electrons. The number of aliphatic hydroxyl groups excluding tert-OH is 1. The van der Waals surface area contributed by atoms with Gasteiger partial charge in [0.1, 0.15) is 0 Å². The molecule has 13 heavy (non-hydrogen) atoms. The van der Waals surface area contributed by atoms with Gasteiger partial charge in [-0.05, 0) is 36.5 Å². The topological polar surface area (TPSA) is 20.2 Å². The summed E-state index contributed by atoms with van der Waals surface area (Å²) in [4.78, 5) is 0. The summed E-state index contributed by atoms with van der Waals surface area (Å²) in [7, 11) is 0. The summed E-state index contributed by atoms with van der Waals surface area (Å²) in [5.74, 6) is 0.342. The number of benzene rings is 1. The van der Waals surface area contributed by atoms with E-state index in [9.17, 15) is 0 Å². The number of aliphatic hydroxyl groups is 1. The molecule has 0 radical (unpaired) electrons. The van der Waals surface area contributed by atoms with Crippen LogP contribution in [0.3, 0.4) is 0 Å². The van der Waals surface area contributed by atoms with Gasteiger partial charge in [-0.15, -0.1) is 0 Å². The Morgan fingerprint density at radius 2 is 2.15 bits per heavy atom. The van der Waals surface area contributed by atoms with Gasteiger partial charge in [0, 0.05) is 11.1 Å². The van der Waals surface area contributed by atoms with E-state index in [-0.39, 0.29) is 6.61 Å². The summed E-state index contributed by atoms with van der Waals surface area (Å²) in [6.07, 6.45) is 0.940. The molecule has 0 bridgehead atoms. The van der Waals surface area contributed by atoms with E-state index in [0.29, 0.717) is 5.92 Å². The Labute approximate surface area is 87.9 Å². The van der Waals surface area contributed by atoms with Gasteiger partial charge in [0.2, 0.25) is 0 Å². The Morgan fingerprint density at radius 1 is 1.46 bits per heavy atom. The van der Waals surface area contributed by atoms with Gasteiger partial charge >= 0.3 is 0 Å². The summed E-state index contributed by atoms with van der Waals surface area (Å²) >= 11 is 3.50. The zero-order valence-corrected chi connectivity index (χ0v) is 9.63. The molecule has 1 aromatic carbocycles. The Bertz CT molecular complexity index is 283. The van der Waals surface area contributed by atoms with Gasteiger partial charge in [0.15, 0.2) is 0 Å². The average Bonchev–Trinajstić information content (AvgIpc) is 2.11. The van der Waals surface area contributed by atoms with Crippen LogP contribution in [-0.2, 0) is 6.42 Å². The molecule has 0 saturated carbocycles. The third-order valence-corrected chi connectivity index (χ3v) is 2.99. The Kier molecular flexibility index (Phi) is 3.94. The van der Waals surface area contributed by atoms with Crippen LogP contribution >= 0.6 is 15.9 Å². The number of aryl methyl sites for hydroxylation is 1. The van der Waals surface area contributed by atoms with Crippen molar-refractivity contribution < 1.29 is 5.11 Å². The van der Waals surface area contributed by atoms with Crippen LogP contribution in [0.4, 0.5) is 0 Å². The molecule has 0 heterocycles. The van der Waals surface area contributed by atoms with Gasteiger partial charge in [0.05, 0.1) is 0 Å². The van der Waals surface area contributed by atoms with Crippen molar-refractivity contribution >= 4 is 15.9 Å². The Hall–Kier alpha value is -0.340. The van der Waals surface area contributed by atoms with Crippen LogP contribution in [-0.4, -0.2) is 11.7 Å². The fourth-order valence-electron chi connectivity index (χ4n) is 1.23. The second-order valence-corrected chi connectivity index (χ2v) is 4.43. The average molecular weight is 243 g/mol. The summed E-state index contributed by atoms with van der Waals surface area (Å²) in [5.41, 5.74) is 2.53. The maximum Gasteiger partial charge on any atom is 0.0459 e. The van der Waals surface area contributed by atoms with Crippen LogP contribution in [0.15, 0.2) is 22.7 Å². The molecule has 1 N–H and O–H groups in total. The van der Waals surface area contributed by atoms with Crippen molar-refractivity contribution in [2.45, 2.75) is 20.3 Å². The maximum absolute atomic E-state index is 8.91. The largest absolute Gasteiger partial charge is 0.396 e. The SMILES string of the molecule is Cc1ccc(CC(C)CO)cc1Br. The van der Waals surface area contributed by atoms with Crippen molar-refractivity contribution in [1.29, 1.82) is 0 Å². The van der Waals surface area contributed by atoms with Crippen LogP contribution in [0.1, 0.15) is 18.1 Å². The zero-order chi connectivity index (χ0) is 9.84. The standard InChI is InChI=1S/C11H15BrO/c1-8(7-13)5-10-4-3-9(2)11(12)6-10/h3-4,6,8,13H,5,7H2,1-2H3. The van der Waals surface area contributed by atoms with E-state index in [1.165, 1.54) is 11.1 Å². The molecule has 0 aromatic heterocycles. The molecule has 0 aliphatic carbocycles. The molecule has 1 atom stereocenters. The molecule has 0 aliphatic heterocycles. The summed E-state index contributed by atoms with van der Waals surface area (Å²) < 4.78 is 1.15. The monoisotopic (exact) mass is 242 g/mol. The molecule has 0 amide bonds. The molecule has 2 heteroatoms. The first-order chi connectivity index (χ1) is 6.13. The van der Waals surface area contributed by atoms with Crippen molar-refractivity contribution in [2.24, 2.45) is 5.92 Å². The van der Waals surface area contributed by atoms with E-state index in [4.69, 9.17) is 5.11 Å². The lowest BCUT2D eigenvalue weighted by Gasteiger charge is -2.08. The molecule has 0 aliphatic rings. The van der Waals surface area contributed by atoms with Crippen LogP contribution < -0.4 is 0 Å². The first-order valence-electron chi connectivity index (χ1n) is 4.49. The highest BCUT2D eigenvalue weighted by Crippen LogP contribution is 2.19. The summed E-state index contributed by atoms with van der Waals surface area (Å²) in [6, 6.07) is 6.34. The van der Waals surface area contributed by atoms with Gasteiger partial charge in [-0.25, -0.2) is 0 Å². The highest BCUT2D eigenvalue weighted by molar-refractivity contribution is 9.10. The molecule has 1 aromatic rings. The normalized spacial score (nSPS) is 12.9. The Morgan fingerprint density at radius 3 is 2.69 bits per heavy atom. The van der Waals surface area contributed by atoms with Crippen LogP contribution in [0, 0.1) is 12.8 Å². The van der Waals surface area contributed by atoms with Gasteiger partial charge in [-0.1, -0.05) is 35.0 Å². The van der Waals surface area contributed by atoms with Gasteiger partial charge in [0.25, 0.3) is 0 Å². The van der Waals surface area contributed by atoms with E-state index in [1.54, 1.807) is 0 Å². The first kappa shape index (κ1) is 10.7. The molecule has 1 unspecified atom stereocenters. The van der Waals surface area contributed by atoms with E-state index in [1.807, 2.05) is 6.92 Å². The number of hydrogen-bond acceptors (Lipinski definition) is 1. The quantitative estimate of drug-likeness (QED) is 0.865. The van der Waals surface area contributed by atoms with Crippen molar-refractivity contribution in [3.8, 4) is 0 Å². The third-order valence-electron chi connectivity index (χ3n) is 2.13. The highest BCUT2D eigenvalue weighted by Gasteiger charge is 2.03. The minimum Gasteiger partial charge on any atom is -0.396 e. The molecule has 1 nitrogen and oxygen atoms in total. The number of rotatable bonds is 3. The van der Waals surface area contributed by atoms with Gasteiger partial charge in [-0.2, -0.15) is 0 Å². The lowest BCUT2D eigenvalue weighted by atomic mass is 10.0. The van der Waals surface area contributed by atoms with Crippen LogP contribution in [0.2, 0.25) is 0 Å². The van der Waals surface area contributed by atoms with E-state index in [0.717, 1.165) is 10.9 Å². The van der Waals surface area contributed by atoms with Crippen molar-refractivity contribution in [2.75, 3.05) is 6.61 Å². The van der Waals surface area contributed by atoms with Crippen molar-refractivity contribution in [3.63, 3.8) is 0 Å². The van der Waals surface area contributed by atoms with Crippen LogP contribution in [0.25, 0.3) is 0 Å². The second kappa shape index (κ2) is 4.77. The minimum absolute atomic E-state index is 0.255. The lowest BCUT2D eigenvalue weighted by Crippen LogP contribution is -2.04. The van der Waals surface area contributed by atoms with Crippen molar-refractivity contribution in [3.05, 3.63) is 33.8 Å². The predicted molar refractivity (Wildman–Crippen MR) is 58.8 cm³/mol. The van der Waals surface area contributed by atoms with Crippen LogP contribution in [0.5, 0.6) is 0 Å². The summed E-state index contributed by atoms with van der Waals surface area (Å²) in [5, 5.41) is 8.91. The number of hydrogen-bond donors (Lipinski definition) is 1. The smallest absolute Gasteiger partial charge is 0.0459 e. The van der Waals surface area contributed by atoms with E-state index < -0.39 is 0 Å². The van der Waals surface area contributed by atoms with E-state index >= 15 is 0 Å². The molecular weight excluding hydrogens is 228 g/mol. The summed E-state index contributed by atoms with van der Waals surface area (Å²) in [6.45, 7) is 4.38. The minimum atomic E-state index is 0.255. The van der Waals surface area contributed by atoms with Gasteiger partial charge in [-0.3, -0.25) is 0 Å². The first-order valence-corrected chi connectivity index (χ1v) is 5.28. The highest BCUT2D eigenvalue weighted by atomic mass is 79.9. The fourth-order valence-corrected chi connectivity index (χ4v) is 1.66. The lowest BCUT2D eigenvalue weighted by molar-refractivity contribution is 0.237. The molecular formula is C11H15BrO. The number of halogens is 1. The predicted octanol–water partition coefficient (Wildman–Crippen LogP) is 2.93. The zero-order valence-electron chi connectivity index (χ0n) is 8.05. The maximum atomic E-state index is 8.91. The molecule has 0 saturated heterocycles. The Balaban J connectivity index is 2.73.